The van der Waals surface area contributed by atoms with E-state index in [0.29, 0.717) is 12.4 Å². The summed E-state index contributed by atoms with van der Waals surface area (Å²) in [4.78, 5) is 4.10. The second-order valence-electron chi connectivity index (χ2n) is 4.50. The van der Waals surface area contributed by atoms with Crippen LogP contribution in [0, 0.1) is 0 Å². The van der Waals surface area contributed by atoms with E-state index in [-0.39, 0.29) is 11.5 Å². The van der Waals surface area contributed by atoms with Crippen LogP contribution in [0.5, 0.6) is 17.2 Å². The Balaban J connectivity index is 2.16. The van der Waals surface area contributed by atoms with Gasteiger partial charge in [0.1, 0.15) is 23.9 Å². The first-order chi connectivity index (χ1) is 9.69. The van der Waals surface area contributed by atoms with E-state index >= 15 is 0 Å². The van der Waals surface area contributed by atoms with Crippen molar-refractivity contribution in [3.05, 3.63) is 53.6 Å². The topological polar surface area (TPSA) is 62.1 Å². The van der Waals surface area contributed by atoms with E-state index < -0.39 is 0 Å². The highest BCUT2D eigenvalue weighted by Crippen LogP contribution is 2.39. The third-order valence-electron chi connectivity index (χ3n) is 3.25. The summed E-state index contributed by atoms with van der Waals surface area (Å²) in [5.74, 6) is 0.958. The average Bonchev–Trinajstić information content (AvgIpc) is 2.46. The SMILES string of the molecule is C=NC1=C(c2ccc(O)cc2)COc2cc(O)ccc21. The molecule has 0 unspecified atom stereocenters. The van der Waals surface area contributed by atoms with Gasteiger partial charge in [0.05, 0.1) is 5.70 Å². The zero-order chi connectivity index (χ0) is 14.1. The van der Waals surface area contributed by atoms with Gasteiger partial charge in [-0.05, 0) is 36.5 Å². The normalized spacial score (nSPS) is 13.6. The summed E-state index contributed by atoms with van der Waals surface area (Å²) in [6, 6.07) is 11.8. The summed E-state index contributed by atoms with van der Waals surface area (Å²) in [5.41, 5.74) is 3.35. The summed E-state index contributed by atoms with van der Waals surface area (Å²) in [6.07, 6.45) is 0. The van der Waals surface area contributed by atoms with E-state index in [9.17, 15) is 10.2 Å². The van der Waals surface area contributed by atoms with Crippen molar-refractivity contribution in [1.29, 1.82) is 0 Å². The predicted octanol–water partition coefficient (Wildman–Crippen LogP) is 3.06. The van der Waals surface area contributed by atoms with Gasteiger partial charge in [-0.15, -0.1) is 0 Å². The zero-order valence-electron chi connectivity index (χ0n) is 10.7. The summed E-state index contributed by atoms with van der Waals surface area (Å²) >= 11 is 0. The van der Waals surface area contributed by atoms with Gasteiger partial charge in [-0.3, -0.25) is 4.99 Å². The summed E-state index contributed by atoms with van der Waals surface area (Å²) < 4.78 is 5.67. The van der Waals surface area contributed by atoms with Crippen LogP contribution in [0.15, 0.2) is 47.5 Å². The molecule has 2 N–H and O–H groups in total. The van der Waals surface area contributed by atoms with Crippen LogP contribution in [-0.4, -0.2) is 23.5 Å². The van der Waals surface area contributed by atoms with E-state index in [0.717, 1.165) is 22.4 Å². The minimum atomic E-state index is 0.153. The monoisotopic (exact) mass is 267 g/mol. The van der Waals surface area contributed by atoms with Crippen LogP contribution < -0.4 is 4.74 Å². The van der Waals surface area contributed by atoms with Crippen molar-refractivity contribution in [1.82, 2.24) is 0 Å². The van der Waals surface area contributed by atoms with Gasteiger partial charge in [0.2, 0.25) is 0 Å². The van der Waals surface area contributed by atoms with E-state index in [1.54, 1.807) is 30.3 Å². The molecule has 0 spiro atoms. The Morgan fingerprint density at radius 2 is 1.70 bits per heavy atom. The van der Waals surface area contributed by atoms with Crippen LogP contribution in [0.25, 0.3) is 11.3 Å². The molecule has 0 fully saturated rings. The van der Waals surface area contributed by atoms with Gasteiger partial charge in [-0.25, -0.2) is 0 Å². The smallest absolute Gasteiger partial charge is 0.132 e. The number of hydrogen-bond acceptors (Lipinski definition) is 4. The lowest BCUT2D eigenvalue weighted by Crippen LogP contribution is -2.09. The zero-order valence-corrected chi connectivity index (χ0v) is 10.7. The molecule has 4 nitrogen and oxygen atoms in total. The highest BCUT2D eigenvalue weighted by Gasteiger charge is 2.21. The average molecular weight is 267 g/mol. The summed E-state index contributed by atoms with van der Waals surface area (Å²) in [5, 5.41) is 18.8. The molecule has 0 amide bonds. The minimum absolute atomic E-state index is 0.153. The standard InChI is InChI=1S/C16H13NO3/c1-17-16-13-7-6-12(19)8-15(13)20-9-14(16)10-2-4-11(18)5-3-10/h2-8,18-19H,1,9H2. The molecule has 0 radical (unpaired) electrons. The van der Waals surface area contributed by atoms with Crippen molar-refractivity contribution in [3.63, 3.8) is 0 Å². The molecule has 0 bridgehead atoms. The number of nitrogens with zero attached hydrogens (tertiary/aromatic N) is 1. The second kappa shape index (κ2) is 4.74. The first-order valence-corrected chi connectivity index (χ1v) is 6.14. The van der Waals surface area contributed by atoms with Crippen LogP contribution in [0.1, 0.15) is 11.1 Å². The van der Waals surface area contributed by atoms with Crippen LogP contribution in [0.2, 0.25) is 0 Å². The number of hydrogen-bond donors (Lipinski definition) is 2. The number of ether oxygens (including phenoxy) is 1. The van der Waals surface area contributed by atoms with Crippen LogP contribution in [0.3, 0.4) is 0 Å². The Morgan fingerprint density at radius 3 is 2.40 bits per heavy atom. The molecular weight excluding hydrogens is 254 g/mol. The Labute approximate surface area is 116 Å². The van der Waals surface area contributed by atoms with Gasteiger partial charge in [-0.2, -0.15) is 0 Å². The summed E-state index contributed by atoms with van der Waals surface area (Å²) in [7, 11) is 0. The van der Waals surface area contributed by atoms with Gasteiger partial charge in [0.25, 0.3) is 0 Å². The minimum Gasteiger partial charge on any atom is -0.508 e. The molecule has 1 aliphatic heterocycles. The second-order valence-corrected chi connectivity index (χ2v) is 4.50. The first kappa shape index (κ1) is 12.3. The van der Waals surface area contributed by atoms with Crippen molar-refractivity contribution in [2.45, 2.75) is 0 Å². The van der Waals surface area contributed by atoms with Crippen LogP contribution >= 0.6 is 0 Å². The quantitative estimate of drug-likeness (QED) is 0.822. The number of aromatic hydroxyl groups is 2. The molecule has 0 aromatic heterocycles. The molecular formula is C16H13NO3. The molecule has 4 heteroatoms. The molecule has 0 aliphatic carbocycles. The number of rotatable bonds is 2. The Morgan fingerprint density at radius 1 is 1.00 bits per heavy atom. The van der Waals surface area contributed by atoms with Gasteiger partial charge in [0, 0.05) is 17.2 Å². The number of benzene rings is 2. The maximum Gasteiger partial charge on any atom is 0.132 e. The Kier molecular flexibility index (Phi) is 2.91. The van der Waals surface area contributed by atoms with Crippen molar-refractivity contribution in [2.75, 3.05) is 6.61 Å². The predicted molar refractivity (Wildman–Crippen MR) is 78.1 cm³/mol. The van der Waals surface area contributed by atoms with Crippen molar-refractivity contribution in [2.24, 2.45) is 4.99 Å². The maximum atomic E-state index is 9.49. The first-order valence-electron chi connectivity index (χ1n) is 6.14. The molecule has 0 saturated carbocycles. The lowest BCUT2D eigenvalue weighted by Gasteiger charge is -2.22. The van der Waals surface area contributed by atoms with Crippen molar-refractivity contribution >= 4 is 18.0 Å². The van der Waals surface area contributed by atoms with Crippen molar-refractivity contribution < 1.29 is 14.9 Å². The molecule has 2 aromatic carbocycles. The fourth-order valence-electron chi connectivity index (χ4n) is 2.27. The Bertz CT molecular complexity index is 702. The third-order valence-corrected chi connectivity index (χ3v) is 3.25. The largest absolute Gasteiger partial charge is 0.508 e. The highest BCUT2D eigenvalue weighted by molar-refractivity contribution is 5.95. The molecule has 20 heavy (non-hydrogen) atoms. The number of phenolic OH excluding ortho intramolecular Hbond substituents is 2. The fraction of sp³-hybridized carbons (Fsp3) is 0.0625. The molecule has 0 atom stereocenters. The molecule has 2 aromatic rings. The fourth-order valence-corrected chi connectivity index (χ4v) is 2.27. The van der Waals surface area contributed by atoms with Crippen LogP contribution in [-0.2, 0) is 0 Å². The maximum absolute atomic E-state index is 9.49. The number of aliphatic imine (C=N–C) groups is 1. The van der Waals surface area contributed by atoms with Crippen LogP contribution in [0.4, 0.5) is 0 Å². The lowest BCUT2D eigenvalue weighted by atomic mass is 9.97. The molecule has 1 heterocycles. The third kappa shape index (κ3) is 2.01. The lowest BCUT2D eigenvalue weighted by molar-refractivity contribution is 0.361. The van der Waals surface area contributed by atoms with E-state index in [2.05, 4.69) is 11.7 Å². The van der Waals surface area contributed by atoms with E-state index in [4.69, 9.17) is 4.74 Å². The number of fused-ring (bicyclic) bond motifs is 1. The Hall–Kier alpha value is -2.75. The highest BCUT2D eigenvalue weighted by atomic mass is 16.5. The molecule has 3 rings (SSSR count). The van der Waals surface area contributed by atoms with Gasteiger partial charge in [0.15, 0.2) is 0 Å². The molecule has 1 aliphatic rings. The van der Waals surface area contributed by atoms with Gasteiger partial charge >= 0.3 is 0 Å². The van der Waals surface area contributed by atoms with Gasteiger partial charge in [-0.1, -0.05) is 12.1 Å². The van der Waals surface area contributed by atoms with E-state index in [1.807, 2.05) is 12.1 Å². The molecule has 0 saturated heterocycles. The van der Waals surface area contributed by atoms with Gasteiger partial charge < -0.3 is 14.9 Å². The molecule has 100 valence electrons. The summed E-state index contributed by atoms with van der Waals surface area (Å²) in [6.45, 7) is 3.97. The number of phenols is 2. The van der Waals surface area contributed by atoms with Crippen molar-refractivity contribution in [3.8, 4) is 17.2 Å². The van der Waals surface area contributed by atoms with E-state index in [1.165, 1.54) is 0 Å².